The highest BCUT2D eigenvalue weighted by Gasteiger charge is 2.12. The number of hydrogen-bond acceptors (Lipinski definition) is 3. The Bertz CT molecular complexity index is 614. The van der Waals surface area contributed by atoms with Crippen molar-refractivity contribution in [1.82, 2.24) is 0 Å². The van der Waals surface area contributed by atoms with Gasteiger partial charge in [0.15, 0.2) is 0 Å². The Hall–Kier alpha value is -2.56. The summed E-state index contributed by atoms with van der Waals surface area (Å²) in [7, 11) is 1.51. The van der Waals surface area contributed by atoms with Gasteiger partial charge in [-0.2, -0.15) is 0 Å². The van der Waals surface area contributed by atoms with E-state index in [1.165, 1.54) is 25.3 Å². The number of benzene rings is 2. The molecule has 0 saturated heterocycles. The summed E-state index contributed by atoms with van der Waals surface area (Å²) in [4.78, 5) is 11.9. The minimum Gasteiger partial charge on any atom is -0.497 e. The second-order valence-electron chi connectivity index (χ2n) is 3.89. The van der Waals surface area contributed by atoms with E-state index in [4.69, 9.17) is 10.5 Å². The minimum atomic E-state index is -0.582. The van der Waals surface area contributed by atoms with Crippen molar-refractivity contribution in [1.29, 1.82) is 0 Å². The van der Waals surface area contributed by atoms with Crippen molar-refractivity contribution >= 4 is 17.3 Å². The summed E-state index contributed by atoms with van der Waals surface area (Å²) in [6.45, 7) is 0. The smallest absolute Gasteiger partial charge is 0.258 e. The number of amides is 1. The molecule has 1 amide bonds. The van der Waals surface area contributed by atoms with Crippen LogP contribution >= 0.6 is 0 Å². The molecule has 0 spiro atoms. The number of rotatable bonds is 3. The second-order valence-corrected chi connectivity index (χ2v) is 3.89. The third-order valence-corrected chi connectivity index (χ3v) is 2.63. The molecule has 2 rings (SSSR count). The highest BCUT2D eigenvalue weighted by Crippen LogP contribution is 2.25. The number of nitrogens with one attached hydrogen (secondary N) is 1. The summed E-state index contributed by atoms with van der Waals surface area (Å²) in [5.74, 6) is -0.586. The topological polar surface area (TPSA) is 64.3 Å². The number of ether oxygens (including phenoxy) is 1. The number of carbonyl (C=O) groups excluding carboxylic acids is 1. The van der Waals surface area contributed by atoms with E-state index in [9.17, 15) is 9.18 Å². The SMILES string of the molecule is COc1ccc(N)c(NC(=O)c2ccccc2F)c1. The van der Waals surface area contributed by atoms with Gasteiger partial charge in [0.05, 0.1) is 24.0 Å². The van der Waals surface area contributed by atoms with Crippen LogP contribution in [-0.2, 0) is 0 Å². The van der Waals surface area contributed by atoms with E-state index in [0.717, 1.165) is 0 Å². The largest absolute Gasteiger partial charge is 0.497 e. The van der Waals surface area contributed by atoms with E-state index in [1.54, 1.807) is 24.3 Å². The first-order valence-electron chi connectivity index (χ1n) is 5.61. The molecule has 0 saturated carbocycles. The number of anilines is 2. The van der Waals surface area contributed by atoms with Gasteiger partial charge in [0.1, 0.15) is 11.6 Å². The molecule has 0 unspecified atom stereocenters. The molecular formula is C14H13FN2O2. The lowest BCUT2D eigenvalue weighted by molar-refractivity contribution is 0.102. The average Bonchev–Trinajstić information content (AvgIpc) is 2.41. The fourth-order valence-corrected chi connectivity index (χ4v) is 1.61. The number of nitrogens with two attached hydrogens (primary N) is 1. The molecule has 0 aliphatic carbocycles. The fourth-order valence-electron chi connectivity index (χ4n) is 1.61. The van der Waals surface area contributed by atoms with Gasteiger partial charge in [0, 0.05) is 6.07 Å². The maximum atomic E-state index is 13.5. The lowest BCUT2D eigenvalue weighted by Crippen LogP contribution is -2.14. The van der Waals surface area contributed by atoms with Gasteiger partial charge in [-0.1, -0.05) is 12.1 Å². The van der Waals surface area contributed by atoms with Crippen LogP contribution in [0.2, 0.25) is 0 Å². The van der Waals surface area contributed by atoms with Gasteiger partial charge in [0.25, 0.3) is 5.91 Å². The number of carbonyl (C=O) groups is 1. The Morgan fingerprint density at radius 2 is 2.00 bits per heavy atom. The predicted molar refractivity (Wildman–Crippen MR) is 71.8 cm³/mol. The van der Waals surface area contributed by atoms with Crippen LogP contribution in [0.1, 0.15) is 10.4 Å². The average molecular weight is 260 g/mol. The Kier molecular flexibility index (Phi) is 3.66. The van der Waals surface area contributed by atoms with Crippen LogP contribution in [0.3, 0.4) is 0 Å². The highest BCUT2D eigenvalue weighted by atomic mass is 19.1. The number of hydrogen-bond donors (Lipinski definition) is 2. The maximum Gasteiger partial charge on any atom is 0.258 e. The summed E-state index contributed by atoms with van der Waals surface area (Å²) in [6.07, 6.45) is 0. The molecule has 4 nitrogen and oxygen atoms in total. The monoisotopic (exact) mass is 260 g/mol. The molecule has 19 heavy (non-hydrogen) atoms. The molecule has 3 N–H and O–H groups in total. The van der Waals surface area contributed by atoms with Gasteiger partial charge in [-0.15, -0.1) is 0 Å². The van der Waals surface area contributed by atoms with Crippen molar-refractivity contribution in [2.45, 2.75) is 0 Å². The fraction of sp³-hybridized carbons (Fsp3) is 0.0714. The molecule has 98 valence electrons. The van der Waals surface area contributed by atoms with E-state index in [1.807, 2.05) is 0 Å². The second kappa shape index (κ2) is 5.39. The number of halogens is 1. The molecular weight excluding hydrogens is 247 g/mol. The van der Waals surface area contributed by atoms with E-state index >= 15 is 0 Å². The van der Waals surface area contributed by atoms with Crippen LogP contribution in [0.15, 0.2) is 42.5 Å². The van der Waals surface area contributed by atoms with Gasteiger partial charge in [0.2, 0.25) is 0 Å². The molecule has 0 heterocycles. The van der Waals surface area contributed by atoms with E-state index in [2.05, 4.69) is 5.32 Å². The zero-order chi connectivity index (χ0) is 13.8. The Morgan fingerprint density at radius 1 is 1.26 bits per heavy atom. The van der Waals surface area contributed by atoms with E-state index in [-0.39, 0.29) is 5.56 Å². The minimum absolute atomic E-state index is 0.0373. The van der Waals surface area contributed by atoms with Gasteiger partial charge >= 0.3 is 0 Å². The summed E-state index contributed by atoms with van der Waals surface area (Å²) < 4.78 is 18.5. The van der Waals surface area contributed by atoms with Gasteiger partial charge < -0.3 is 15.8 Å². The van der Waals surface area contributed by atoms with Gasteiger partial charge in [-0.3, -0.25) is 4.79 Å². The number of nitrogen functional groups attached to an aromatic ring is 1. The van der Waals surface area contributed by atoms with Crippen molar-refractivity contribution in [3.05, 3.63) is 53.8 Å². The summed E-state index contributed by atoms with van der Waals surface area (Å²) in [6, 6.07) is 10.6. The van der Waals surface area contributed by atoms with Crippen molar-refractivity contribution in [3.8, 4) is 5.75 Å². The van der Waals surface area contributed by atoms with Gasteiger partial charge in [-0.05, 0) is 24.3 Å². The molecule has 2 aromatic carbocycles. The number of methoxy groups -OCH3 is 1. The molecule has 0 aromatic heterocycles. The molecule has 0 aliphatic heterocycles. The van der Waals surface area contributed by atoms with E-state index in [0.29, 0.717) is 17.1 Å². The van der Waals surface area contributed by atoms with Crippen molar-refractivity contribution in [3.63, 3.8) is 0 Å². The van der Waals surface area contributed by atoms with Crippen LogP contribution in [0.25, 0.3) is 0 Å². The Balaban J connectivity index is 2.26. The quantitative estimate of drug-likeness (QED) is 0.834. The normalized spacial score (nSPS) is 10.0. The Labute approximate surface area is 110 Å². The van der Waals surface area contributed by atoms with E-state index < -0.39 is 11.7 Å². The molecule has 0 aliphatic rings. The third-order valence-electron chi connectivity index (χ3n) is 2.63. The molecule has 0 fully saturated rings. The van der Waals surface area contributed by atoms with Crippen molar-refractivity contribution in [2.75, 3.05) is 18.2 Å². The maximum absolute atomic E-state index is 13.5. The van der Waals surface area contributed by atoms with Crippen LogP contribution in [-0.4, -0.2) is 13.0 Å². The van der Waals surface area contributed by atoms with Crippen molar-refractivity contribution in [2.24, 2.45) is 0 Å². The van der Waals surface area contributed by atoms with Crippen LogP contribution in [0.4, 0.5) is 15.8 Å². The summed E-state index contributed by atoms with van der Waals surface area (Å²) in [5.41, 5.74) is 6.47. The predicted octanol–water partition coefficient (Wildman–Crippen LogP) is 2.67. The molecule has 2 aromatic rings. The summed E-state index contributed by atoms with van der Waals surface area (Å²) >= 11 is 0. The molecule has 0 radical (unpaired) electrons. The lowest BCUT2D eigenvalue weighted by Gasteiger charge is -2.10. The standard InChI is InChI=1S/C14H13FN2O2/c1-19-9-6-7-12(16)13(8-9)17-14(18)10-4-2-3-5-11(10)15/h2-8H,16H2,1H3,(H,17,18). The van der Waals surface area contributed by atoms with Crippen molar-refractivity contribution < 1.29 is 13.9 Å². The third kappa shape index (κ3) is 2.82. The van der Waals surface area contributed by atoms with Crippen LogP contribution < -0.4 is 15.8 Å². The summed E-state index contributed by atoms with van der Waals surface area (Å²) in [5, 5.41) is 2.56. The van der Waals surface area contributed by atoms with Crippen LogP contribution in [0.5, 0.6) is 5.75 Å². The molecule has 0 bridgehead atoms. The van der Waals surface area contributed by atoms with Crippen LogP contribution in [0, 0.1) is 5.82 Å². The first-order valence-corrected chi connectivity index (χ1v) is 5.61. The molecule has 0 atom stereocenters. The zero-order valence-corrected chi connectivity index (χ0v) is 10.3. The Morgan fingerprint density at radius 3 is 2.68 bits per heavy atom. The first kappa shape index (κ1) is 12.9. The lowest BCUT2D eigenvalue weighted by atomic mass is 10.2. The first-order chi connectivity index (χ1) is 9.11. The highest BCUT2D eigenvalue weighted by molar-refractivity contribution is 6.06. The zero-order valence-electron chi connectivity index (χ0n) is 10.3. The van der Waals surface area contributed by atoms with Gasteiger partial charge in [-0.25, -0.2) is 4.39 Å². The molecule has 5 heteroatoms.